The third-order valence-electron chi connectivity index (χ3n) is 4.81. The molecule has 1 saturated heterocycles. The molecule has 1 N–H and O–H groups in total. The number of rotatable bonds is 9. The van der Waals surface area contributed by atoms with Crippen LogP contribution in [0.4, 0.5) is 4.79 Å². The van der Waals surface area contributed by atoms with Crippen molar-refractivity contribution >= 4 is 24.0 Å². The number of hydrogen-bond acceptors (Lipinski definition) is 7. The molecule has 0 aliphatic carbocycles. The van der Waals surface area contributed by atoms with Crippen molar-refractivity contribution in [3.8, 4) is 11.5 Å². The molecule has 0 spiro atoms. The minimum absolute atomic E-state index is 0.00604. The highest BCUT2D eigenvalue weighted by Gasteiger charge is 2.34. The molecular formula is C23H26N2O7. The highest BCUT2D eigenvalue weighted by atomic mass is 16.5. The van der Waals surface area contributed by atoms with Gasteiger partial charge in [0, 0.05) is 0 Å². The van der Waals surface area contributed by atoms with Crippen molar-refractivity contribution in [2.24, 2.45) is 0 Å². The molecule has 1 aliphatic heterocycles. The van der Waals surface area contributed by atoms with E-state index in [0.29, 0.717) is 23.7 Å². The van der Waals surface area contributed by atoms with Crippen LogP contribution in [0.3, 0.4) is 0 Å². The maximum Gasteiger partial charge on any atom is 0.373 e. The van der Waals surface area contributed by atoms with Crippen LogP contribution in [0.5, 0.6) is 11.5 Å². The second kappa shape index (κ2) is 10.0. The molecule has 0 bridgehead atoms. The van der Waals surface area contributed by atoms with E-state index in [4.69, 9.17) is 13.9 Å². The highest BCUT2D eigenvalue weighted by Crippen LogP contribution is 2.31. The fourth-order valence-corrected chi connectivity index (χ4v) is 2.99. The molecule has 32 heavy (non-hydrogen) atoms. The zero-order chi connectivity index (χ0) is 23.3. The summed E-state index contributed by atoms with van der Waals surface area (Å²) < 4.78 is 21.5. The Bertz CT molecular complexity index is 1040. The van der Waals surface area contributed by atoms with Gasteiger partial charge in [-0.15, -0.1) is 0 Å². The van der Waals surface area contributed by atoms with E-state index in [9.17, 15) is 14.4 Å². The summed E-state index contributed by atoms with van der Waals surface area (Å²) in [5.74, 6) is 0.297. The number of hydrogen-bond donors (Lipinski definition) is 1. The van der Waals surface area contributed by atoms with E-state index in [2.05, 4.69) is 10.1 Å². The third-order valence-corrected chi connectivity index (χ3v) is 4.81. The summed E-state index contributed by atoms with van der Waals surface area (Å²) in [4.78, 5) is 37.6. The number of methoxy groups -OCH3 is 1. The lowest BCUT2D eigenvalue weighted by Crippen LogP contribution is -2.30. The van der Waals surface area contributed by atoms with Gasteiger partial charge in [-0.25, -0.2) is 9.59 Å². The molecule has 1 unspecified atom stereocenters. The smallest absolute Gasteiger partial charge is 0.373 e. The van der Waals surface area contributed by atoms with Gasteiger partial charge in [-0.3, -0.25) is 9.69 Å². The summed E-state index contributed by atoms with van der Waals surface area (Å²) in [6, 6.07) is 7.67. The maximum atomic E-state index is 12.8. The van der Waals surface area contributed by atoms with E-state index < -0.39 is 17.9 Å². The fourth-order valence-electron chi connectivity index (χ4n) is 2.99. The number of carbonyl (C=O) groups is 3. The topological polar surface area (TPSA) is 107 Å². The summed E-state index contributed by atoms with van der Waals surface area (Å²) in [5, 5.41) is 2.56. The Morgan fingerprint density at radius 2 is 1.97 bits per heavy atom. The molecule has 1 atom stereocenters. The van der Waals surface area contributed by atoms with Crippen LogP contribution < -0.4 is 14.8 Å². The lowest BCUT2D eigenvalue weighted by molar-refractivity contribution is -0.123. The number of esters is 1. The molecule has 9 heteroatoms. The van der Waals surface area contributed by atoms with Gasteiger partial charge in [0.25, 0.3) is 5.91 Å². The second-order valence-electron chi connectivity index (χ2n) is 7.11. The predicted molar refractivity (Wildman–Crippen MR) is 115 cm³/mol. The SMILES string of the molecule is CCOc1cc(C=C2NC(=O)N(Cc3ccc(C(=O)OC)o3)C2=O)ccc1OC(C)CC. The Balaban J connectivity index is 1.78. The van der Waals surface area contributed by atoms with Gasteiger partial charge in [0.15, 0.2) is 11.5 Å². The van der Waals surface area contributed by atoms with E-state index in [0.717, 1.165) is 11.3 Å². The quantitative estimate of drug-likeness (QED) is 0.358. The van der Waals surface area contributed by atoms with Crippen LogP contribution in [0.2, 0.25) is 0 Å². The van der Waals surface area contributed by atoms with Gasteiger partial charge in [-0.05, 0) is 56.2 Å². The van der Waals surface area contributed by atoms with Crippen LogP contribution in [0, 0.1) is 0 Å². The van der Waals surface area contributed by atoms with Crippen LogP contribution in [0.15, 0.2) is 40.4 Å². The first-order chi connectivity index (χ1) is 15.4. The highest BCUT2D eigenvalue weighted by molar-refractivity contribution is 6.13. The molecule has 9 nitrogen and oxygen atoms in total. The Hall–Kier alpha value is -3.75. The van der Waals surface area contributed by atoms with Gasteiger partial charge in [-0.1, -0.05) is 13.0 Å². The minimum atomic E-state index is -0.639. The average molecular weight is 442 g/mol. The number of furan rings is 1. The zero-order valence-corrected chi connectivity index (χ0v) is 18.5. The number of carbonyl (C=O) groups excluding carboxylic acids is 3. The molecule has 1 aromatic carbocycles. The Morgan fingerprint density at radius 3 is 2.66 bits per heavy atom. The first kappa shape index (κ1) is 22.9. The van der Waals surface area contributed by atoms with E-state index in [1.807, 2.05) is 20.8 Å². The van der Waals surface area contributed by atoms with Gasteiger partial charge >= 0.3 is 12.0 Å². The van der Waals surface area contributed by atoms with Crippen LogP contribution in [-0.2, 0) is 16.1 Å². The van der Waals surface area contributed by atoms with Crippen molar-refractivity contribution < 1.29 is 33.0 Å². The number of ether oxygens (including phenoxy) is 3. The molecule has 0 saturated carbocycles. The molecule has 3 amide bonds. The summed E-state index contributed by atoms with van der Waals surface area (Å²) >= 11 is 0. The molecule has 170 valence electrons. The third kappa shape index (κ3) is 5.11. The largest absolute Gasteiger partial charge is 0.490 e. The van der Waals surface area contributed by atoms with Crippen molar-refractivity contribution in [3.63, 3.8) is 0 Å². The van der Waals surface area contributed by atoms with E-state index >= 15 is 0 Å². The summed E-state index contributed by atoms with van der Waals surface area (Å²) in [5.41, 5.74) is 0.786. The number of imide groups is 1. The number of urea groups is 1. The first-order valence-electron chi connectivity index (χ1n) is 10.3. The maximum absolute atomic E-state index is 12.8. The van der Waals surface area contributed by atoms with Crippen molar-refractivity contribution in [1.29, 1.82) is 0 Å². The summed E-state index contributed by atoms with van der Waals surface area (Å²) in [6.07, 6.45) is 2.45. The zero-order valence-electron chi connectivity index (χ0n) is 18.5. The van der Waals surface area contributed by atoms with Crippen LogP contribution in [0.25, 0.3) is 6.08 Å². The number of amides is 3. The van der Waals surface area contributed by atoms with E-state index in [-0.39, 0.29) is 29.9 Å². The number of nitrogens with one attached hydrogen (secondary N) is 1. The molecule has 1 aliphatic rings. The van der Waals surface area contributed by atoms with Crippen LogP contribution in [0.1, 0.15) is 49.1 Å². The Labute approximate surface area is 185 Å². The normalized spacial score (nSPS) is 15.6. The fraction of sp³-hybridized carbons (Fsp3) is 0.348. The molecule has 1 fully saturated rings. The lowest BCUT2D eigenvalue weighted by atomic mass is 10.1. The van der Waals surface area contributed by atoms with Crippen molar-refractivity contribution in [3.05, 3.63) is 53.1 Å². The molecule has 0 radical (unpaired) electrons. The minimum Gasteiger partial charge on any atom is -0.490 e. The predicted octanol–water partition coefficient (Wildman–Crippen LogP) is 3.74. The van der Waals surface area contributed by atoms with Gasteiger partial charge in [0.2, 0.25) is 5.76 Å². The number of benzene rings is 1. The van der Waals surface area contributed by atoms with Crippen LogP contribution >= 0.6 is 0 Å². The second-order valence-corrected chi connectivity index (χ2v) is 7.11. The molecule has 2 heterocycles. The molecule has 1 aromatic heterocycles. The van der Waals surface area contributed by atoms with Crippen molar-refractivity contribution in [2.75, 3.05) is 13.7 Å². The van der Waals surface area contributed by atoms with Gasteiger partial charge in [-0.2, -0.15) is 0 Å². The standard InChI is InChI=1S/C23H26N2O7/c1-5-14(3)31-18-9-7-15(12-20(18)30-6-2)11-17-21(26)25(23(28)24-17)13-16-8-10-19(32-16)22(27)29-4/h7-12,14H,5-6,13H2,1-4H3,(H,24,28). The van der Waals surface area contributed by atoms with E-state index in [1.165, 1.54) is 19.2 Å². The van der Waals surface area contributed by atoms with E-state index in [1.54, 1.807) is 24.3 Å². The molecular weight excluding hydrogens is 416 g/mol. The average Bonchev–Trinajstić information content (AvgIpc) is 3.35. The van der Waals surface area contributed by atoms with Crippen LogP contribution in [-0.4, -0.2) is 42.6 Å². The first-order valence-corrected chi connectivity index (χ1v) is 10.3. The Morgan fingerprint density at radius 1 is 1.19 bits per heavy atom. The van der Waals surface area contributed by atoms with Crippen molar-refractivity contribution in [1.82, 2.24) is 10.2 Å². The summed E-state index contributed by atoms with van der Waals surface area (Å²) in [7, 11) is 1.24. The van der Waals surface area contributed by atoms with Gasteiger partial charge in [0.05, 0.1) is 26.4 Å². The molecule has 2 aromatic rings. The Kier molecular flexibility index (Phi) is 7.19. The van der Waals surface area contributed by atoms with Gasteiger partial charge in [0.1, 0.15) is 11.5 Å². The van der Waals surface area contributed by atoms with Crippen molar-refractivity contribution in [2.45, 2.75) is 39.8 Å². The molecule has 3 rings (SSSR count). The number of nitrogens with zero attached hydrogens (tertiary/aromatic N) is 1. The summed E-state index contributed by atoms with van der Waals surface area (Å²) in [6.45, 7) is 6.21. The van der Waals surface area contributed by atoms with Gasteiger partial charge < -0.3 is 23.9 Å². The lowest BCUT2D eigenvalue weighted by Gasteiger charge is -2.16. The monoisotopic (exact) mass is 442 g/mol.